The molecule has 7 heteroatoms. The highest BCUT2D eigenvalue weighted by atomic mass is 32.2. The van der Waals surface area contributed by atoms with Crippen LogP contribution in [0.15, 0.2) is 35.5 Å². The second-order valence-electron chi connectivity index (χ2n) is 6.30. The number of thioether (sulfide) groups is 1. The predicted octanol–water partition coefficient (Wildman–Crippen LogP) is 2.72. The van der Waals surface area contributed by atoms with Gasteiger partial charge in [0.2, 0.25) is 11.9 Å². The van der Waals surface area contributed by atoms with Crippen LogP contribution >= 0.6 is 11.8 Å². The molecule has 2 N–H and O–H groups in total. The van der Waals surface area contributed by atoms with Gasteiger partial charge in [0.05, 0.1) is 5.25 Å². The van der Waals surface area contributed by atoms with E-state index >= 15 is 0 Å². The molecule has 0 bridgehead atoms. The molecular weight excluding hydrogens is 322 g/mol. The Morgan fingerprint density at radius 2 is 2.04 bits per heavy atom. The van der Waals surface area contributed by atoms with E-state index in [1.54, 1.807) is 0 Å². The monoisotopic (exact) mass is 345 g/mol. The summed E-state index contributed by atoms with van der Waals surface area (Å²) in [6, 6.07) is 10.3. The summed E-state index contributed by atoms with van der Waals surface area (Å²) in [7, 11) is 0. The van der Waals surface area contributed by atoms with E-state index < -0.39 is 0 Å². The van der Waals surface area contributed by atoms with Crippen molar-refractivity contribution in [3.05, 3.63) is 35.9 Å². The predicted molar refractivity (Wildman–Crippen MR) is 95.6 cm³/mol. The fourth-order valence-electron chi connectivity index (χ4n) is 2.96. The topological polar surface area (TPSA) is 77.0 Å². The first-order chi connectivity index (χ1) is 11.6. The lowest BCUT2D eigenvalue weighted by Crippen LogP contribution is -2.42. The van der Waals surface area contributed by atoms with Crippen LogP contribution in [0.4, 0.5) is 5.95 Å². The molecule has 1 aromatic heterocycles. The summed E-state index contributed by atoms with van der Waals surface area (Å²) in [4.78, 5) is 14.8. The first-order valence-corrected chi connectivity index (χ1v) is 9.14. The third-order valence-electron chi connectivity index (χ3n) is 4.15. The van der Waals surface area contributed by atoms with Gasteiger partial charge in [0.1, 0.15) is 0 Å². The maximum Gasteiger partial charge on any atom is 0.236 e. The zero-order valence-corrected chi connectivity index (χ0v) is 14.9. The van der Waals surface area contributed by atoms with Gasteiger partial charge in [0, 0.05) is 19.1 Å². The summed E-state index contributed by atoms with van der Waals surface area (Å²) in [5, 5.41) is 8.72. The van der Waals surface area contributed by atoms with Gasteiger partial charge >= 0.3 is 0 Å². The minimum absolute atomic E-state index is 0.122. The molecule has 1 aliphatic rings. The summed E-state index contributed by atoms with van der Waals surface area (Å²) in [6.07, 6.45) is 1.86. The van der Waals surface area contributed by atoms with Crippen LogP contribution in [-0.4, -0.2) is 37.4 Å². The first kappa shape index (κ1) is 16.8. The molecule has 3 rings (SSSR count). The van der Waals surface area contributed by atoms with E-state index in [4.69, 9.17) is 5.73 Å². The van der Waals surface area contributed by atoms with Crippen LogP contribution in [0.3, 0.4) is 0 Å². The number of anilines is 1. The van der Waals surface area contributed by atoms with Gasteiger partial charge in [0.25, 0.3) is 0 Å². The quantitative estimate of drug-likeness (QED) is 0.901. The Hall–Kier alpha value is -2.02. The van der Waals surface area contributed by atoms with E-state index in [0.717, 1.165) is 30.1 Å². The molecule has 128 valence electrons. The number of nitrogens with two attached hydrogens (primary N) is 1. The van der Waals surface area contributed by atoms with Gasteiger partial charge in [-0.05, 0) is 32.3 Å². The van der Waals surface area contributed by atoms with Crippen LogP contribution in [0, 0.1) is 0 Å². The second kappa shape index (κ2) is 7.25. The Morgan fingerprint density at radius 1 is 1.29 bits per heavy atom. The highest BCUT2D eigenvalue weighted by molar-refractivity contribution is 8.00. The minimum atomic E-state index is -0.122. The maximum atomic E-state index is 12.8. The number of benzene rings is 1. The molecule has 1 aromatic carbocycles. The Bertz CT molecular complexity index is 700. The van der Waals surface area contributed by atoms with E-state index in [1.807, 2.05) is 41.5 Å². The van der Waals surface area contributed by atoms with Crippen LogP contribution in [-0.2, 0) is 11.3 Å². The van der Waals surface area contributed by atoms with E-state index in [0.29, 0.717) is 12.5 Å². The summed E-state index contributed by atoms with van der Waals surface area (Å²) in [5.74, 6) is 0.573. The maximum absolute atomic E-state index is 12.8. The zero-order valence-electron chi connectivity index (χ0n) is 14.1. The number of aromatic nitrogens is 3. The molecule has 1 aliphatic heterocycles. The number of rotatable bonds is 5. The lowest BCUT2D eigenvalue weighted by molar-refractivity contribution is -0.133. The number of likely N-dealkylation sites (tertiary alicyclic amines) is 1. The molecule has 1 atom stereocenters. The van der Waals surface area contributed by atoms with Crippen LogP contribution in [0.1, 0.15) is 38.3 Å². The number of hydrogen-bond acceptors (Lipinski definition) is 5. The number of nitrogen functional groups attached to an aromatic ring is 1. The van der Waals surface area contributed by atoms with E-state index in [-0.39, 0.29) is 17.2 Å². The number of carbonyl (C=O) groups is 1. The standard InChI is InChI=1S/C17H23N5OS/c1-12(2)22-16(18)19-20-17(22)24-14-9-6-10-21(15(14)23)11-13-7-4-3-5-8-13/h3-5,7-8,12,14H,6,9-11H2,1-2H3,(H2,18,19)/t14-/m0/s1. The normalized spacial score (nSPS) is 18.4. The molecule has 24 heavy (non-hydrogen) atoms. The Balaban J connectivity index is 1.71. The molecule has 1 saturated heterocycles. The first-order valence-electron chi connectivity index (χ1n) is 8.26. The van der Waals surface area contributed by atoms with Gasteiger partial charge in [-0.3, -0.25) is 9.36 Å². The SMILES string of the molecule is CC(C)n1c(N)nnc1S[C@H]1CCCN(Cc2ccccc2)C1=O. The van der Waals surface area contributed by atoms with Crippen molar-refractivity contribution in [2.75, 3.05) is 12.3 Å². The smallest absolute Gasteiger partial charge is 0.236 e. The molecule has 0 radical (unpaired) electrons. The molecule has 1 amide bonds. The highest BCUT2D eigenvalue weighted by Crippen LogP contribution is 2.32. The van der Waals surface area contributed by atoms with Crippen LogP contribution < -0.4 is 5.73 Å². The second-order valence-corrected chi connectivity index (χ2v) is 7.47. The van der Waals surface area contributed by atoms with Crippen molar-refractivity contribution >= 4 is 23.6 Å². The Morgan fingerprint density at radius 3 is 2.75 bits per heavy atom. The van der Waals surface area contributed by atoms with Crippen molar-refractivity contribution in [2.45, 2.75) is 49.7 Å². The van der Waals surface area contributed by atoms with Gasteiger partial charge in [-0.2, -0.15) is 0 Å². The van der Waals surface area contributed by atoms with Gasteiger partial charge in [-0.15, -0.1) is 10.2 Å². The average Bonchev–Trinajstić information content (AvgIpc) is 2.93. The fourth-order valence-corrected chi connectivity index (χ4v) is 4.25. The van der Waals surface area contributed by atoms with Crippen LogP contribution in [0.2, 0.25) is 0 Å². The third kappa shape index (κ3) is 3.56. The van der Waals surface area contributed by atoms with Crippen LogP contribution in [0.25, 0.3) is 0 Å². The van der Waals surface area contributed by atoms with Gasteiger partial charge in [-0.25, -0.2) is 0 Å². The molecular formula is C17H23N5OS. The molecule has 2 aromatic rings. The fraction of sp³-hybridized carbons (Fsp3) is 0.471. The highest BCUT2D eigenvalue weighted by Gasteiger charge is 2.31. The zero-order chi connectivity index (χ0) is 17.1. The van der Waals surface area contributed by atoms with Gasteiger partial charge < -0.3 is 10.6 Å². The molecule has 0 spiro atoms. The summed E-state index contributed by atoms with van der Waals surface area (Å²) >= 11 is 1.48. The summed E-state index contributed by atoms with van der Waals surface area (Å²) in [6.45, 7) is 5.54. The van der Waals surface area contributed by atoms with Crippen molar-refractivity contribution in [3.63, 3.8) is 0 Å². The van der Waals surface area contributed by atoms with Crippen LogP contribution in [0.5, 0.6) is 0 Å². The van der Waals surface area contributed by atoms with Crippen molar-refractivity contribution in [2.24, 2.45) is 0 Å². The van der Waals surface area contributed by atoms with Gasteiger partial charge in [-0.1, -0.05) is 42.1 Å². The van der Waals surface area contributed by atoms with E-state index in [2.05, 4.69) is 22.3 Å². The largest absolute Gasteiger partial charge is 0.368 e. The molecule has 0 saturated carbocycles. The van der Waals surface area contributed by atoms with Crippen molar-refractivity contribution < 1.29 is 4.79 Å². The summed E-state index contributed by atoms with van der Waals surface area (Å²) < 4.78 is 1.88. The number of carbonyl (C=O) groups excluding carboxylic acids is 1. The lowest BCUT2D eigenvalue weighted by Gasteiger charge is -2.32. The molecule has 2 heterocycles. The van der Waals surface area contributed by atoms with Gasteiger partial charge in [0.15, 0.2) is 5.16 Å². The summed E-state index contributed by atoms with van der Waals surface area (Å²) in [5.41, 5.74) is 7.05. The minimum Gasteiger partial charge on any atom is -0.368 e. The van der Waals surface area contributed by atoms with Crippen molar-refractivity contribution in [1.29, 1.82) is 0 Å². The number of nitrogens with zero attached hydrogens (tertiary/aromatic N) is 4. The lowest BCUT2D eigenvalue weighted by atomic mass is 10.1. The molecule has 1 fully saturated rings. The Kier molecular flexibility index (Phi) is 5.08. The molecule has 0 unspecified atom stereocenters. The Labute approximate surface area is 146 Å². The molecule has 0 aliphatic carbocycles. The van der Waals surface area contributed by atoms with E-state index in [9.17, 15) is 4.79 Å². The molecule has 6 nitrogen and oxygen atoms in total. The average molecular weight is 345 g/mol. The third-order valence-corrected chi connectivity index (χ3v) is 5.36. The number of amides is 1. The number of hydrogen-bond donors (Lipinski definition) is 1. The van der Waals surface area contributed by atoms with Crippen molar-refractivity contribution in [1.82, 2.24) is 19.7 Å². The number of piperidine rings is 1. The van der Waals surface area contributed by atoms with Crippen molar-refractivity contribution in [3.8, 4) is 0 Å². The van der Waals surface area contributed by atoms with E-state index in [1.165, 1.54) is 11.8 Å².